The molecule has 0 saturated heterocycles. The molecule has 1 heteroatoms. The van der Waals surface area contributed by atoms with Gasteiger partial charge in [0, 0.05) is 0 Å². The zero-order valence-corrected chi connectivity index (χ0v) is 9.66. The van der Waals surface area contributed by atoms with E-state index in [0.29, 0.717) is 0 Å². The highest BCUT2D eigenvalue weighted by atomic mass is 16.5. The minimum absolute atomic E-state index is 0.224. The Kier molecular flexibility index (Phi) is 4.17. The first-order valence-corrected chi connectivity index (χ1v) is 5.18. The van der Waals surface area contributed by atoms with Crippen LogP contribution in [0.2, 0.25) is 0 Å². The summed E-state index contributed by atoms with van der Waals surface area (Å²) in [5.74, 6) is 0.914. The third-order valence-electron chi connectivity index (χ3n) is 1.81. The Hall–Kier alpha value is -1.50. The van der Waals surface area contributed by atoms with Crippen molar-refractivity contribution < 1.29 is 4.74 Å². The minimum atomic E-state index is 0.224. The van der Waals surface area contributed by atoms with Crippen molar-refractivity contribution >= 4 is 6.08 Å². The van der Waals surface area contributed by atoms with E-state index in [4.69, 9.17) is 4.74 Å². The van der Waals surface area contributed by atoms with Crippen LogP contribution < -0.4 is 4.74 Å². The van der Waals surface area contributed by atoms with E-state index in [-0.39, 0.29) is 6.10 Å². The highest BCUT2D eigenvalue weighted by Gasteiger charge is 1.95. The zero-order chi connectivity index (χ0) is 11.3. The van der Waals surface area contributed by atoms with Crippen molar-refractivity contribution in [2.75, 3.05) is 0 Å². The molecule has 0 atom stereocenters. The maximum Gasteiger partial charge on any atom is 0.119 e. The molecule has 0 aromatic heterocycles. The minimum Gasteiger partial charge on any atom is -0.491 e. The normalized spacial score (nSPS) is 10.9. The van der Waals surface area contributed by atoms with Gasteiger partial charge in [0.15, 0.2) is 0 Å². The van der Waals surface area contributed by atoms with Gasteiger partial charge in [0.25, 0.3) is 0 Å². The predicted molar refractivity (Wildman–Crippen MR) is 66.1 cm³/mol. The Balaban J connectivity index is 2.68. The van der Waals surface area contributed by atoms with Crippen molar-refractivity contribution in [1.29, 1.82) is 0 Å². The van der Waals surface area contributed by atoms with E-state index in [1.54, 1.807) is 0 Å². The third-order valence-corrected chi connectivity index (χ3v) is 1.81. The molecule has 1 nitrogen and oxygen atoms in total. The highest BCUT2D eigenvalue weighted by molar-refractivity contribution is 5.53. The first kappa shape index (κ1) is 11.6. The summed E-state index contributed by atoms with van der Waals surface area (Å²) in [6, 6.07) is 8.05. The molecule has 0 aliphatic heterocycles. The number of allylic oxidation sites excluding steroid dienone is 2. The molecular formula is C14H18O. The molecule has 0 amide bonds. The largest absolute Gasteiger partial charge is 0.491 e. The summed E-state index contributed by atoms with van der Waals surface area (Å²) < 4.78 is 5.55. The number of rotatable bonds is 4. The molecule has 1 aromatic carbocycles. The Morgan fingerprint density at radius 1 is 1.27 bits per heavy atom. The van der Waals surface area contributed by atoms with Gasteiger partial charge >= 0.3 is 0 Å². The maximum absolute atomic E-state index is 5.55. The fourth-order valence-electron chi connectivity index (χ4n) is 1.17. The van der Waals surface area contributed by atoms with Crippen molar-refractivity contribution in [2.24, 2.45) is 0 Å². The molecule has 0 aliphatic carbocycles. The standard InChI is InChI=1S/C14H18O/c1-11(2)5-6-13-7-9-14(10-8-13)15-12(3)4/h5-10,12H,1H2,2-4H3/b6-5+. The second-order valence-corrected chi connectivity index (χ2v) is 3.92. The Morgan fingerprint density at radius 2 is 1.87 bits per heavy atom. The molecule has 0 fully saturated rings. The lowest BCUT2D eigenvalue weighted by atomic mass is 10.2. The van der Waals surface area contributed by atoms with Gasteiger partial charge in [0.2, 0.25) is 0 Å². The number of benzene rings is 1. The van der Waals surface area contributed by atoms with Gasteiger partial charge in [0.1, 0.15) is 5.75 Å². The van der Waals surface area contributed by atoms with E-state index in [0.717, 1.165) is 16.9 Å². The number of hydrogen-bond donors (Lipinski definition) is 0. The molecule has 0 heterocycles. The second-order valence-electron chi connectivity index (χ2n) is 3.92. The lowest BCUT2D eigenvalue weighted by Crippen LogP contribution is -2.05. The fourth-order valence-corrected chi connectivity index (χ4v) is 1.17. The van der Waals surface area contributed by atoms with E-state index < -0.39 is 0 Å². The molecule has 15 heavy (non-hydrogen) atoms. The van der Waals surface area contributed by atoms with Gasteiger partial charge in [-0.3, -0.25) is 0 Å². The Bertz CT molecular complexity index is 344. The molecule has 0 unspecified atom stereocenters. The zero-order valence-electron chi connectivity index (χ0n) is 9.66. The Morgan fingerprint density at radius 3 is 2.33 bits per heavy atom. The van der Waals surface area contributed by atoms with Crippen LogP contribution in [-0.2, 0) is 0 Å². The maximum atomic E-state index is 5.55. The molecule has 0 aliphatic rings. The van der Waals surface area contributed by atoms with Gasteiger partial charge < -0.3 is 4.74 Å². The molecule has 0 saturated carbocycles. The van der Waals surface area contributed by atoms with E-state index in [2.05, 4.69) is 6.58 Å². The summed E-state index contributed by atoms with van der Waals surface area (Å²) in [5.41, 5.74) is 2.21. The SMILES string of the molecule is C=C(C)/C=C/c1ccc(OC(C)C)cc1. The van der Waals surface area contributed by atoms with Crippen molar-refractivity contribution in [3.8, 4) is 5.75 Å². The van der Waals surface area contributed by atoms with E-state index >= 15 is 0 Å². The molecule has 0 bridgehead atoms. The van der Waals surface area contributed by atoms with Crippen molar-refractivity contribution in [1.82, 2.24) is 0 Å². The van der Waals surface area contributed by atoms with Crippen LogP contribution in [0.4, 0.5) is 0 Å². The van der Waals surface area contributed by atoms with Crippen LogP contribution >= 0.6 is 0 Å². The number of ether oxygens (including phenoxy) is 1. The highest BCUT2D eigenvalue weighted by Crippen LogP contribution is 2.14. The van der Waals surface area contributed by atoms with Crippen LogP contribution in [0.3, 0.4) is 0 Å². The smallest absolute Gasteiger partial charge is 0.119 e. The van der Waals surface area contributed by atoms with Crippen molar-refractivity contribution in [3.05, 3.63) is 48.1 Å². The van der Waals surface area contributed by atoms with Gasteiger partial charge in [0.05, 0.1) is 6.10 Å². The molecule has 1 rings (SSSR count). The van der Waals surface area contributed by atoms with Gasteiger partial charge in [-0.1, -0.05) is 36.4 Å². The monoisotopic (exact) mass is 202 g/mol. The molecule has 0 N–H and O–H groups in total. The summed E-state index contributed by atoms with van der Waals surface area (Å²) in [4.78, 5) is 0. The van der Waals surface area contributed by atoms with Crippen LogP contribution in [0.1, 0.15) is 26.3 Å². The van der Waals surface area contributed by atoms with E-state index in [1.807, 2.05) is 57.2 Å². The first-order valence-electron chi connectivity index (χ1n) is 5.18. The van der Waals surface area contributed by atoms with E-state index in [1.165, 1.54) is 0 Å². The molecule has 1 aromatic rings. The molecule has 0 spiro atoms. The average molecular weight is 202 g/mol. The summed E-state index contributed by atoms with van der Waals surface area (Å²) in [6.45, 7) is 9.84. The van der Waals surface area contributed by atoms with Crippen molar-refractivity contribution in [3.63, 3.8) is 0 Å². The lowest BCUT2D eigenvalue weighted by molar-refractivity contribution is 0.242. The van der Waals surface area contributed by atoms with Crippen LogP contribution in [-0.4, -0.2) is 6.10 Å². The quantitative estimate of drug-likeness (QED) is 0.669. The van der Waals surface area contributed by atoms with Gasteiger partial charge in [-0.05, 0) is 38.5 Å². The summed E-state index contributed by atoms with van der Waals surface area (Å²) in [5, 5.41) is 0. The van der Waals surface area contributed by atoms with Crippen molar-refractivity contribution in [2.45, 2.75) is 26.9 Å². The lowest BCUT2D eigenvalue weighted by Gasteiger charge is -2.09. The topological polar surface area (TPSA) is 9.23 Å². The molecule has 80 valence electrons. The second kappa shape index (κ2) is 5.40. The molecular weight excluding hydrogens is 184 g/mol. The van der Waals surface area contributed by atoms with Crippen LogP contribution in [0.15, 0.2) is 42.5 Å². The summed E-state index contributed by atoms with van der Waals surface area (Å²) >= 11 is 0. The van der Waals surface area contributed by atoms with Crippen LogP contribution in [0, 0.1) is 0 Å². The van der Waals surface area contributed by atoms with Gasteiger partial charge in [-0.2, -0.15) is 0 Å². The average Bonchev–Trinajstić information content (AvgIpc) is 2.16. The Labute approximate surface area is 92.1 Å². The van der Waals surface area contributed by atoms with Crippen LogP contribution in [0.5, 0.6) is 5.75 Å². The first-order chi connectivity index (χ1) is 7.08. The van der Waals surface area contributed by atoms with Gasteiger partial charge in [-0.15, -0.1) is 0 Å². The molecule has 0 radical (unpaired) electrons. The van der Waals surface area contributed by atoms with Crippen LogP contribution in [0.25, 0.3) is 6.08 Å². The third kappa shape index (κ3) is 4.50. The predicted octanol–water partition coefficient (Wildman–Crippen LogP) is 4.06. The van der Waals surface area contributed by atoms with E-state index in [9.17, 15) is 0 Å². The summed E-state index contributed by atoms with van der Waals surface area (Å²) in [7, 11) is 0. The summed E-state index contributed by atoms with van der Waals surface area (Å²) in [6.07, 6.45) is 4.27. The van der Waals surface area contributed by atoms with Gasteiger partial charge in [-0.25, -0.2) is 0 Å². The number of hydrogen-bond acceptors (Lipinski definition) is 1. The fraction of sp³-hybridized carbons (Fsp3) is 0.286.